The molecular weight excluding hydrogens is 255 g/mol. The molecule has 0 amide bonds. The highest BCUT2D eigenvalue weighted by Gasteiger charge is 2.57. The van der Waals surface area contributed by atoms with Crippen LogP contribution in [0.4, 0.5) is 13.2 Å². The van der Waals surface area contributed by atoms with Gasteiger partial charge < -0.3 is 4.74 Å². The zero-order chi connectivity index (χ0) is 12.5. The number of benzene rings is 1. The number of nitrogens with one attached hydrogen (secondary N) is 1. The molecule has 17 heavy (non-hydrogen) atoms. The second kappa shape index (κ2) is 4.48. The fraction of sp³-hybridized carbons (Fsp3) is 0.455. The first-order valence-corrected chi connectivity index (χ1v) is 5.49. The zero-order valence-electron chi connectivity index (χ0n) is 8.85. The van der Waals surface area contributed by atoms with Gasteiger partial charge >= 0.3 is 6.18 Å². The van der Waals surface area contributed by atoms with Gasteiger partial charge in [-0.05, 0) is 17.7 Å². The normalized spacial score (nSPS) is 25.9. The van der Waals surface area contributed by atoms with Gasteiger partial charge in [-0.2, -0.15) is 13.2 Å². The largest absolute Gasteiger partial charge is 0.413 e. The topological polar surface area (TPSA) is 21.3 Å². The summed E-state index contributed by atoms with van der Waals surface area (Å²) in [7, 11) is 0. The van der Waals surface area contributed by atoms with Crippen molar-refractivity contribution >= 4 is 11.6 Å². The Morgan fingerprint density at radius 3 is 2.35 bits per heavy atom. The molecule has 0 unspecified atom stereocenters. The lowest BCUT2D eigenvalue weighted by Crippen LogP contribution is -2.60. The van der Waals surface area contributed by atoms with E-state index in [1.54, 1.807) is 0 Å². The van der Waals surface area contributed by atoms with Gasteiger partial charge in [0.2, 0.25) is 0 Å². The van der Waals surface area contributed by atoms with Gasteiger partial charge in [-0.1, -0.05) is 23.7 Å². The van der Waals surface area contributed by atoms with Crippen LogP contribution in [0.3, 0.4) is 0 Å². The van der Waals surface area contributed by atoms with E-state index in [9.17, 15) is 13.2 Å². The third kappa shape index (κ3) is 2.27. The molecule has 1 aliphatic rings. The van der Waals surface area contributed by atoms with E-state index in [-0.39, 0.29) is 18.7 Å². The van der Waals surface area contributed by atoms with E-state index in [0.717, 1.165) is 0 Å². The maximum absolute atomic E-state index is 13.2. The highest BCUT2D eigenvalue weighted by molar-refractivity contribution is 6.30. The highest BCUT2D eigenvalue weighted by atomic mass is 35.5. The molecule has 0 aliphatic carbocycles. The Balaban J connectivity index is 2.43. The van der Waals surface area contributed by atoms with Crippen LogP contribution in [-0.2, 0) is 10.3 Å². The average Bonchev–Trinajstić information content (AvgIpc) is 2.29. The number of hydrogen-bond acceptors (Lipinski definition) is 2. The number of morpholine rings is 1. The first kappa shape index (κ1) is 12.7. The van der Waals surface area contributed by atoms with Crippen molar-refractivity contribution in [1.82, 2.24) is 5.32 Å². The fourth-order valence-electron chi connectivity index (χ4n) is 1.88. The quantitative estimate of drug-likeness (QED) is 0.843. The molecular formula is C11H11ClF3NO. The Labute approximate surface area is 102 Å². The fourth-order valence-corrected chi connectivity index (χ4v) is 2.00. The Hall–Kier alpha value is -0.780. The average molecular weight is 266 g/mol. The maximum Gasteiger partial charge on any atom is 0.413 e. The molecule has 0 spiro atoms. The molecule has 1 aliphatic heterocycles. The van der Waals surface area contributed by atoms with Crippen LogP contribution in [0, 0.1) is 0 Å². The summed E-state index contributed by atoms with van der Waals surface area (Å²) < 4.78 is 44.6. The van der Waals surface area contributed by atoms with Crippen LogP contribution in [-0.4, -0.2) is 25.9 Å². The molecule has 0 saturated carbocycles. The summed E-state index contributed by atoms with van der Waals surface area (Å²) in [5.74, 6) is 0. The predicted molar refractivity (Wildman–Crippen MR) is 58.0 cm³/mol. The van der Waals surface area contributed by atoms with Crippen LogP contribution in [0.25, 0.3) is 0 Å². The lowest BCUT2D eigenvalue weighted by molar-refractivity contribution is -0.226. The predicted octanol–water partition coefficient (Wildman–Crippen LogP) is 2.72. The van der Waals surface area contributed by atoms with Gasteiger partial charge in [-0.3, -0.25) is 5.32 Å². The van der Waals surface area contributed by atoms with Crippen molar-refractivity contribution in [2.24, 2.45) is 0 Å². The SMILES string of the molecule is FC(F)(F)[C@@]1(c2ccc(Cl)cc2)COCCN1. The van der Waals surface area contributed by atoms with Gasteiger partial charge in [0, 0.05) is 11.6 Å². The summed E-state index contributed by atoms with van der Waals surface area (Å²) in [6.45, 7) is 0.0334. The second-order valence-corrected chi connectivity index (χ2v) is 4.33. The first-order valence-electron chi connectivity index (χ1n) is 5.11. The smallest absolute Gasteiger partial charge is 0.377 e. The van der Waals surface area contributed by atoms with Crippen LogP contribution >= 0.6 is 11.6 Å². The molecule has 2 nitrogen and oxygen atoms in total. The minimum absolute atomic E-state index is 0.120. The molecule has 0 radical (unpaired) electrons. The van der Waals surface area contributed by atoms with Crippen molar-refractivity contribution in [3.05, 3.63) is 34.9 Å². The minimum Gasteiger partial charge on any atom is -0.377 e. The number of ether oxygens (including phenoxy) is 1. The van der Waals surface area contributed by atoms with Crippen LogP contribution in [0.1, 0.15) is 5.56 Å². The van der Waals surface area contributed by atoms with Gasteiger partial charge in [-0.25, -0.2) is 0 Å². The molecule has 1 heterocycles. The minimum atomic E-state index is -4.42. The number of halogens is 4. The second-order valence-electron chi connectivity index (χ2n) is 3.89. The Morgan fingerprint density at radius 2 is 1.88 bits per heavy atom. The van der Waals surface area contributed by atoms with E-state index in [2.05, 4.69) is 5.32 Å². The molecule has 6 heteroatoms. The third-order valence-electron chi connectivity index (χ3n) is 2.81. The van der Waals surface area contributed by atoms with Crippen molar-refractivity contribution in [3.8, 4) is 0 Å². The van der Waals surface area contributed by atoms with Crippen LogP contribution in [0.2, 0.25) is 5.02 Å². The molecule has 1 aromatic rings. The van der Waals surface area contributed by atoms with E-state index in [4.69, 9.17) is 16.3 Å². The number of alkyl halides is 3. The Bertz CT molecular complexity index is 385. The molecule has 0 aromatic heterocycles. The van der Waals surface area contributed by atoms with Crippen molar-refractivity contribution in [1.29, 1.82) is 0 Å². The van der Waals surface area contributed by atoms with E-state index < -0.39 is 18.3 Å². The monoisotopic (exact) mass is 265 g/mol. The highest BCUT2D eigenvalue weighted by Crippen LogP contribution is 2.40. The standard InChI is InChI=1S/C11H11ClF3NO/c12-9-3-1-8(2-4-9)10(11(13,14)15)7-17-6-5-16-10/h1-4,16H,5-7H2/t10-/m0/s1. The van der Waals surface area contributed by atoms with Crippen molar-refractivity contribution in [2.75, 3.05) is 19.8 Å². The molecule has 0 bridgehead atoms. The summed E-state index contributed by atoms with van der Waals surface area (Å²) in [4.78, 5) is 0. The Morgan fingerprint density at radius 1 is 1.24 bits per heavy atom. The molecule has 1 fully saturated rings. The third-order valence-corrected chi connectivity index (χ3v) is 3.06. The van der Waals surface area contributed by atoms with Crippen molar-refractivity contribution in [3.63, 3.8) is 0 Å². The van der Waals surface area contributed by atoms with E-state index in [0.29, 0.717) is 5.02 Å². The van der Waals surface area contributed by atoms with E-state index in [1.807, 2.05) is 0 Å². The number of hydrogen-bond donors (Lipinski definition) is 1. The van der Waals surface area contributed by atoms with E-state index in [1.165, 1.54) is 24.3 Å². The molecule has 1 N–H and O–H groups in total. The summed E-state index contributed by atoms with van der Waals surface area (Å²) in [5, 5.41) is 2.92. The van der Waals surface area contributed by atoms with Crippen LogP contribution in [0.5, 0.6) is 0 Å². The van der Waals surface area contributed by atoms with Gasteiger partial charge in [0.25, 0.3) is 0 Å². The molecule has 1 aromatic carbocycles. The zero-order valence-corrected chi connectivity index (χ0v) is 9.61. The van der Waals surface area contributed by atoms with Crippen molar-refractivity contribution < 1.29 is 17.9 Å². The van der Waals surface area contributed by atoms with Gasteiger partial charge in [0.1, 0.15) is 0 Å². The van der Waals surface area contributed by atoms with Crippen LogP contribution in [0.15, 0.2) is 24.3 Å². The molecule has 1 atom stereocenters. The molecule has 1 saturated heterocycles. The Kier molecular flexibility index (Phi) is 3.34. The van der Waals surface area contributed by atoms with Gasteiger partial charge in [-0.15, -0.1) is 0 Å². The summed E-state index contributed by atoms with van der Waals surface area (Å²) in [5.41, 5.74) is -2.01. The van der Waals surface area contributed by atoms with Crippen LogP contribution < -0.4 is 5.32 Å². The first-order chi connectivity index (χ1) is 7.96. The summed E-state index contributed by atoms with van der Waals surface area (Å²) in [6.07, 6.45) is -4.42. The summed E-state index contributed by atoms with van der Waals surface area (Å²) in [6, 6.07) is 5.64. The maximum atomic E-state index is 13.2. The lowest BCUT2D eigenvalue weighted by Gasteiger charge is -2.39. The van der Waals surface area contributed by atoms with Gasteiger partial charge in [0.15, 0.2) is 5.54 Å². The number of rotatable bonds is 1. The molecule has 2 rings (SSSR count). The van der Waals surface area contributed by atoms with E-state index >= 15 is 0 Å². The molecule has 94 valence electrons. The van der Waals surface area contributed by atoms with Gasteiger partial charge in [0.05, 0.1) is 13.2 Å². The lowest BCUT2D eigenvalue weighted by atomic mass is 9.89. The summed E-state index contributed by atoms with van der Waals surface area (Å²) >= 11 is 5.68. The van der Waals surface area contributed by atoms with Crippen molar-refractivity contribution in [2.45, 2.75) is 11.7 Å².